The Hall–Kier alpha value is -10.8. The van der Waals surface area contributed by atoms with Crippen LogP contribution in [0.25, 0.3) is 93.1 Å². The quantitative estimate of drug-likeness (QED) is 0.241. The fourth-order valence-corrected chi connectivity index (χ4v) is 9.95. The van der Waals surface area contributed by atoms with Crippen molar-refractivity contribution in [2.24, 2.45) is 0 Å². The molecule has 0 aliphatic heterocycles. The highest BCUT2D eigenvalue weighted by molar-refractivity contribution is 6.00. The number of nitrogens with one attached hydrogen (secondary N) is 1. The van der Waals surface area contributed by atoms with E-state index in [4.69, 9.17) is 4.74 Å². The van der Waals surface area contributed by atoms with Gasteiger partial charge in [0.15, 0.2) is 0 Å². The zero-order chi connectivity index (χ0) is 51.3. The van der Waals surface area contributed by atoms with Gasteiger partial charge in [-0.1, -0.05) is 23.8 Å². The van der Waals surface area contributed by atoms with E-state index in [-0.39, 0.29) is 93.1 Å². The van der Waals surface area contributed by atoms with Gasteiger partial charge in [0, 0.05) is 0 Å². The minimum absolute atomic E-state index is 0.00536. The second-order valence-electron chi connectivity index (χ2n) is 17.8. The lowest BCUT2D eigenvalue weighted by Gasteiger charge is -2.08. The molecule has 13 rings (SSSR count). The van der Waals surface area contributed by atoms with Gasteiger partial charge in [0.1, 0.15) is 11.5 Å². The topological polar surface area (TPSA) is 255 Å². The van der Waals surface area contributed by atoms with Crippen LogP contribution in [0.15, 0.2) is 191 Å². The number of rotatable bonds is 7. The van der Waals surface area contributed by atoms with Crippen LogP contribution in [0.4, 0.5) is 0 Å². The van der Waals surface area contributed by atoms with E-state index in [9.17, 15) is 57.5 Å². The largest absolute Gasteiger partial charge is 0.457 e. The summed E-state index contributed by atoms with van der Waals surface area (Å²) in [5.74, 6) is 0.570. The van der Waals surface area contributed by atoms with E-state index in [1.54, 1.807) is 24.3 Å². The number of aromatic amines is 1. The third-order valence-corrected chi connectivity index (χ3v) is 13.6. The molecule has 0 saturated carbocycles. The van der Waals surface area contributed by atoms with Crippen molar-refractivity contribution in [3.63, 3.8) is 0 Å². The van der Waals surface area contributed by atoms with Crippen molar-refractivity contribution in [3.8, 4) is 39.9 Å². The SMILES string of the molecule is Cc1ccc(-n2c(=O)c3cc4c(=O)n(-c5cccc(-n6c(=O)c7cc8c(=O)n(-c9ccc(Oc%10ccc(-n%11c(=O)c%12cc%13c(=O)[nH]c(=O)c%13cc%12c%11=O)cc%10)cc9)c(=O)c8cc7c6=O)c5)c(=O)c4cc3c2=O)cc1. The molecule has 0 spiro atoms. The summed E-state index contributed by atoms with van der Waals surface area (Å²) in [6, 6.07) is 31.3. The molecule has 7 aromatic carbocycles. The molecule has 0 radical (unpaired) electrons. The molecule has 6 heterocycles. The highest BCUT2D eigenvalue weighted by Crippen LogP contribution is 2.26. The normalized spacial score (nSPS) is 12.0. The minimum atomic E-state index is -0.841. The second kappa shape index (κ2) is 15.1. The van der Waals surface area contributed by atoms with Gasteiger partial charge in [0.05, 0.1) is 93.1 Å². The Kier molecular flexibility index (Phi) is 8.81. The molecule has 354 valence electrons. The van der Waals surface area contributed by atoms with Gasteiger partial charge in [-0.25, -0.2) is 22.8 Å². The predicted octanol–water partition coefficient (Wildman–Crippen LogP) is 2.94. The van der Waals surface area contributed by atoms with Crippen LogP contribution in [0.2, 0.25) is 0 Å². The van der Waals surface area contributed by atoms with Crippen LogP contribution in [-0.4, -0.2) is 27.8 Å². The number of ether oxygens (including phenoxy) is 1. The number of fused-ring (bicyclic) bond motifs is 6. The van der Waals surface area contributed by atoms with Crippen molar-refractivity contribution in [1.29, 1.82) is 0 Å². The lowest BCUT2D eigenvalue weighted by Crippen LogP contribution is -2.26. The molecule has 0 aliphatic carbocycles. The first-order chi connectivity index (χ1) is 35.6. The van der Waals surface area contributed by atoms with E-state index in [0.29, 0.717) is 11.4 Å². The number of aromatic nitrogens is 6. The maximum Gasteiger partial charge on any atom is 0.266 e. The van der Waals surface area contributed by atoms with Crippen molar-refractivity contribution in [2.75, 3.05) is 0 Å². The van der Waals surface area contributed by atoms with Gasteiger partial charge in [0.2, 0.25) is 0 Å². The number of benzene rings is 7. The molecule has 19 heteroatoms. The summed E-state index contributed by atoms with van der Waals surface area (Å²) in [7, 11) is 0. The third-order valence-electron chi connectivity index (χ3n) is 13.6. The Labute approximate surface area is 406 Å². The maximum absolute atomic E-state index is 14.0. The zero-order valence-electron chi connectivity index (χ0n) is 37.7. The number of hydrogen-bond acceptors (Lipinski definition) is 13. The van der Waals surface area contributed by atoms with Gasteiger partial charge in [-0.2, -0.15) is 0 Å². The van der Waals surface area contributed by atoms with Gasteiger partial charge in [-0.05, 0) is 122 Å². The first-order valence-electron chi connectivity index (χ1n) is 22.5. The van der Waals surface area contributed by atoms with Gasteiger partial charge < -0.3 is 4.74 Å². The summed E-state index contributed by atoms with van der Waals surface area (Å²) in [5.41, 5.74) is -7.30. The van der Waals surface area contributed by atoms with Gasteiger partial charge >= 0.3 is 0 Å². The van der Waals surface area contributed by atoms with Crippen molar-refractivity contribution >= 4 is 64.6 Å². The lowest BCUT2D eigenvalue weighted by atomic mass is 10.1. The van der Waals surface area contributed by atoms with Gasteiger partial charge in [-0.3, -0.25) is 62.5 Å². The molecule has 19 nitrogen and oxygen atoms in total. The molecular weight excluding hydrogens is 953 g/mol. The fourth-order valence-electron chi connectivity index (χ4n) is 9.95. The van der Waals surface area contributed by atoms with Crippen LogP contribution in [0.1, 0.15) is 5.56 Å². The van der Waals surface area contributed by atoms with Crippen LogP contribution >= 0.6 is 0 Å². The Morgan fingerprint density at radius 1 is 0.284 bits per heavy atom. The summed E-state index contributed by atoms with van der Waals surface area (Å²) in [4.78, 5) is 164. The Balaban J connectivity index is 0.795. The summed E-state index contributed by atoms with van der Waals surface area (Å²) < 4.78 is 10.3. The van der Waals surface area contributed by atoms with Crippen LogP contribution in [0.5, 0.6) is 11.5 Å². The minimum Gasteiger partial charge on any atom is -0.457 e. The van der Waals surface area contributed by atoms with E-state index in [1.807, 2.05) is 6.92 Å². The number of nitrogens with zero attached hydrogens (tertiary/aromatic N) is 5. The van der Waals surface area contributed by atoms with Crippen LogP contribution in [-0.2, 0) is 0 Å². The van der Waals surface area contributed by atoms with Crippen molar-refractivity contribution in [1.82, 2.24) is 27.8 Å². The zero-order valence-corrected chi connectivity index (χ0v) is 37.7. The molecule has 0 amide bonds. The average molecular weight is 979 g/mol. The molecule has 13 aromatic rings. The van der Waals surface area contributed by atoms with E-state index >= 15 is 0 Å². The highest BCUT2D eigenvalue weighted by atomic mass is 16.5. The van der Waals surface area contributed by atoms with Crippen LogP contribution in [0.3, 0.4) is 0 Å². The van der Waals surface area contributed by atoms with Crippen molar-refractivity contribution in [3.05, 3.63) is 263 Å². The lowest BCUT2D eigenvalue weighted by molar-refractivity contribution is 0.482. The molecule has 0 saturated heterocycles. The maximum atomic E-state index is 14.0. The second-order valence-corrected chi connectivity index (χ2v) is 17.8. The Bertz CT molecular complexity index is 5140. The number of H-pyrrole nitrogens is 1. The standard InChI is InChI=1S/C55H26N6O13/c1-24-5-7-25(8-6-24)57-48(66)36-20-40-41(21-37(36)49(57)67)53(71)60(52(40)70)28-3-2-4-29(17-28)61-54(72)42-22-38-39(23-43(42)55(61)73)51(69)59(50(38)68)27-11-15-31(16-12-27)74-30-13-9-26(10-14-30)58-46(64)34-18-32-33(19-35(34)47(58)65)45(63)56-44(32)62/h2-23H,1H3,(H,56,62,63). The molecule has 0 aliphatic rings. The molecule has 0 fully saturated rings. The smallest absolute Gasteiger partial charge is 0.266 e. The summed E-state index contributed by atoms with van der Waals surface area (Å²) in [6.07, 6.45) is 0. The average Bonchev–Trinajstić information content (AvgIpc) is 4.15. The van der Waals surface area contributed by atoms with Crippen LogP contribution in [0, 0.1) is 6.92 Å². The molecule has 0 atom stereocenters. The van der Waals surface area contributed by atoms with Crippen LogP contribution < -0.4 is 71.4 Å². The first-order valence-corrected chi connectivity index (χ1v) is 22.5. The third kappa shape index (κ3) is 5.94. The molecule has 0 bridgehead atoms. The monoisotopic (exact) mass is 978 g/mol. The van der Waals surface area contributed by atoms with E-state index in [2.05, 4.69) is 4.98 Å². The highest BCUT2D eigenvalue weighted by Gasteiger charge is 2.25. The molecule has 74 heavy (non-hydrogen) atoms. The van der Waals surface area contributed by atoms with Gasteiger partial charge in [0.25, 0.3) is 66.7 Å². The molecule has 0 unspecified atom stereocenters. The Morgan fingerprint density at radius 2 is 0.527 bits per heavy atom. The summed E-state index contributed by atoms with van der Waals surface area (Å²) >= 11 is 0. The number of aryl methyl sites for hydroxylation is 1. The molecule has 1 N–H and O–H groups in total. The summed E-state index contributed by atoms with van der Waals surface area (Å²) in [6.45, 7) is 1.85. The fraction of sp³-hybridized carbons (Fsp3) is 0.0182. The summed E-state index contributed by atoms with van der Waals surface area (Å²) in [5, 5.41) is -0.967. The predicted molar refractivity (Wildman–Crippen MR) is 276 cm³/mol. The van der Waals surface area contributed by atoms with Crippen molar-refractivity contribution < 1.29 is 4.74 Å². The number of hydrogen-bond donors (Lipinski definition) is 1. The Morgan fingerprint density at radius 3 is 0.811 bits per heavy atom. The first kappa shape index (κ1) is 43.2. The molecular formula is C55H26N6O13. The van der Waals surface area contributed by atoms with E-state index in [0.717, 1.165) is 28.4 Å². The van der Waals surface area contributed by atoms with Gasteiger partial charge in [-0.15, -0.1) is 0 Å². The van der Waals surface area contributed by atoms with E-state index < -0.39 is 66.7 Å². The van der Waals surface area contributed by atoms with E-state index in [1.165, 1.54) is 109 Å². The van der Waals surface area contributed by atoms with Crippen molar-refractivity contribution in [2.45, 2.75) is 6.92 Å². The molecule has 6 aromatic heterocycles.